The molecule has 0 aliphatic carbocycles. The molecule has 2 heterocycles. The first-order valence-corrected chi connectivity index (χ1v) is 10.3. The molecule has 0 aliphatic rings. The number of para-hydroxylation sites is 1. The van der Waals surface area contributed by atoms with Crippen LogP contribution in [0.5, 0.6) is 0 Å². The van der Waals surface area contributed by atoms with Crippen LogP contribution in [-0.2, 0) is 4.79 Å². The summed E-state index contributed by atoms with van der Waals surface area (Å²) in [6.45, 7) is 5.67. The van der Waals surface area contributed by atoms with E-state index in [4.69, 9.17) is 0 Å². The molecule has 1 unspecified atom stereocenters. The summed E-state index contributed by atoms with van der Waals surface area (Å²) >= 11 is 1.37. The number of pyridine rings is 1. The Morgan fingerprint density at radius 3 is 2.59 bits per heavy atom. The maximum Gasteiger partial charge on any atom is 0.252 e. The average Bonchev–Trinajstić information content (AvgIpc) is 3.17. The first kappa shape index (κ1) is 19.1. The fraction of sp³-hybridized carbons (Fsp3) is 0.174. The van der Waals surface area contributed by atoms with Crippen molar-refractivity contribution in [3.63, 3.8) is 0 Å². The predicted octanol–water partition coefficient (Wildman–Crippen LogP) is 4.94. The van der Waals surface area contributed by atoms with Crippen molar-refractivity contribution in [2.24, 2.45) is 0 Å². The summed E-state index contributed by atoms with van der Waals surface area (Å²) in [4.78, 5) is 30.0. The molecule has 5 nitrogen and oxygen atoms in total. The molecular formula is C23H21N3O2S. The summed E-state index contributed by atoms with van der Waals surface area (Å²) in [6.07, 6.45) is 0. The van der Waals surface area contributed by atoms with E-state index in [1.165, 1.54) is 21.5 Å². The van der Waals surface area contributed by atoms with Crippen LogP contribution in [0, 0.1) is 13.8 Å². The number of aromatic nitrogens is 2. The van der Waals surface area contributed by atoms with E-state index in [2.05, 4.69) is 10.3 Å². The second-order valence-corrected chi connectivity index (χ2v) is 7.98. The minimum Gasteiger partial charge on any atom is -0.300 e. The SMILES string of the molecule is Cc1ccc(-c2csc(NC(=O)C(C)n3c(=O)cc(C)c4ccccc43)n2)cc1. The largest absolute Gasteiger partial charge is 0.300 e. The summed E-state index contributed by atoms with van der Waals surface area (Å²) in [5, 5.41) is 6.25. The highest BCUT2D eigenvalue weighted by atomic mass is 32.1. The molecule has 0 fully saturated rings. The standard InChI is InChI=1S/C23H21N3O2S/c1-14-8-10-17(11-9-14)19-13-29-23(24-19)25-22(28)16(3)26-20-7-5-4-6-18(20)15(2)12-21(26)27/h4-13,16H,1-3H3,(H,24,25,28). The number of fused-ring (bicyclic) bond motifs is 1. The van der Waals surface area contributed by atoms with Crippen LogP contribution >= 0.6 is 11.3 Å². The number of hydrogen-bond donors (Lipinski definition) is 1. The molecule has 4 aromatic rings. The van der Waals surface area contributed by atoms with Gasteiger partial charge in [-0.15, -0.1) is 11.3 Å². The highest BCUT2D eigenvalue weighted by molar-refractivity contribution is 7.14. The Labute approximate surface area is 172 Å². The molecule has 0 spiro atoms. The van der Waals surface area contributed by atoms with Crippen molar-refractivity contribution in [2.75, 3.05) is 5.32 Å². The molecule has 29 heavy (non-hydrogen) atoms. The normalized spacial score (nSPS) is 12.1. The zero-order chi connectivity index (χ0) is 20.5. The van der Waals surface area contributed by atoms with Gasteiger partial charge in [0.15, 0.2) is 5.13 Å². The van der Waals surface area contributed by atoms with E-state index in [1.807, 2.05) is 67.8 Å². The Balaban J connectivity index is 1.61. The maximum absolute atomic E-state index is 12.9. The van der Waals surface area contributed by atoms with E-state index in [-0.39, 0.29) is 11.5 Å². The summed E-state index contributed by atoms with van der Waals surface area (Å²) < 4.78 is 1.53. The van der Waals surface area contributed by atoms with Crippen molar-refractivity contribution in [3.8, 4) is 11.3 Å². The van der Waals surface area contributed by atoms with Gasteiger partial charge in [-0.3, -0.25) is 14.2 Å². The summed E-state index contributed by atoms with van der Waals surface area (Å²) in [6, 6.07) is 16.6. The monoisotopic (exact) mass is 403 g/mol. The Bertz CT molecular complexity index is 1260. The van der Waals surface area contributed by atoms with Crippen molar-refractivity contribution >= 4 is 33.3 Å². The number of anilines is 1. The molecule has 6 heteroatoms. The van der Waals surface area contributed by atoms with Gasteiger partial charge in [0.05, 0.1) is 11.2 Å². The molecule has 1 atom stereocenters. The third kappa shape index (κ3) is 3.71. The molecule has 2 aromatic heterocycles. The lowest BCUT2D eigenvalue weighted by Gasteiger charge is -2.18. The molecule has 146 valence electrons. The van der Waals surface area contributed by atoms with Gasteiger partial charge < -0.3 is 5.32 Å². The van der Waals surface area contributed by atoms with E-state index >= 15 is 0 Å². The molecule has 0 saturated carbocycles. The highest BCUT2D eigenvalue weighted by Gasteiger charge is 2.20. The lowest BCUT2D eigenvalue weighted by atomic mass is 10.1. The summed E-state index contributed by atoms with van der Waals surface area (Å²) in [5.41, 5.74) is 4.46. The molecule has 0 radical (unpaired) electrons. The zero-order valence-electron chi connectivity index (χ0n) is 16.5. The van der Waals surface area contributed by atoms with Crippen LogP contribution in [-0.4, -0.2) is 15.5 Å². The number of amides is 1. The van der Waals surface area contributed by atoms with E-state index < -0.39 is 6.04 Å². The average molecular weight is 404 g/mol. The van der Waals surface area contributed by atoms with Crippen molar-refractivity contribution in [2.45, 2.75) is 26.8 Å². The van der Waals surface area contributed by atoms with Gasteiger partial charge >= 0.3 is 0 Å². The quantitative estimate of drug-likeness (QED) is 0.525. The van der Waals surface area contributed by atoms with Gasteiger partial charge in [0.25, 0.3) is 5.56 Å². The van der Waals surface area contributed by atoms with E-state index in [1.54, 1.807) is 13.0 Å². The number of thiazole rings is 1. The van der Waals surface area contributed by atoms with E-state index in [0.717, 1.165) is 27.7 Å². The number of nitrogens with zero attached hydrogens (tertiary/aromatic N) is 2. The van der Waals surface area contributed by atoms with Gasteiger partial charge in [-0.05, 0) is 32.4 Å². The first-order valence-electron chi connectivity index (χ1n) is 9.38. The number of carbonyl (C=O) groups is 1. The number of rotatable bonds is 4. The lowest BCUT2D eigenvalue weighted by molar-refractivity contribution is -0.118. The van der Waals surface area contributed by atoms with Gasteiger partial charge in [-0.1, -0.05) is 48.0 Å². The molecule has 0 bridgehead atoms. The number of carbonyl (C=O) groups excluding carboxylic acids is 1. The van der Waals surface area contributed by atoms with Crippen LogP contribution in [0.2, 0.25) is 0 Å². The Hall–Kier alpha value is -3.25. The van der Waals surface area contributed by atoms with Crippen LogP contribution in [0.3, 0.4) is 0 Å². The highest BCUT2D eigenvalue weighted by Crippen LogP contribution is 2.26. The predicted molar refractivity (Wildman–Crippen MR) is 119 cm³/mol. The van der Waals surface area contributed by atoms with Gasteiger partial charge in [0, 0.05) is 22.4 Å². The second kappa shape index (κ2) is 7.64. The van der Waals surface area contributed by atoms with E-state index in [0.29, 0.717) is 5.13 Å². The Morgan fingerprint density at radius 1 is 1.10 bits per heavy atom. The fourth-order valence-electron chi connectivity index (χ4n) is 3.38. The van der Waals surface area contributed by atoms with Crippen LogP contribution in [0.4, 0.5) is 5.13 Å². The lowest BCUT2D eigenvalue weighted by Crippen LogP contribution is -2.31. The molecule has 1 N–H and O–H groups in total. The van der Waals surface area contributed by atoms with Crippen molar-refractivity contribution in [3.05, 3.63) is 81.5 Å². The maximum atomic E-state index is 12.9. The van der Waals surface area contributed by atoms with Gasteiger partial charge in [-0.25, -0.2) is 4.98 Å². The van der Waals surface area contributed by atoms with E-state index in [9.17, 15) is 9.59 Å². The molecule has 4 rings (SSSR count). The topological polar surface area (TPSA) is 64.0 Å². The number of nitrogens with one attached hydrogen (secondary N) is 1. The molecule has 2 aromatic carbocycles. The summed E-state index contributed by atoms with van der Waals surface area (Å²) in [7, 11) is 0. The van der Waals surface area contributed by atoms with Gasteiger partial charge in [0.2, 0.25) is 5.91 Å². The molecule has 1 amide bonds. The van der Waals surface area contributed by atoms with Crippen LogP contribution in [0.15, 0.2) is 64.8 Å². The van der Waals surface area contributed by atoms with Crippen LogP contribution in [0.1, 0.15) is 24.1 Å². The van der Waals surface area contributed by atoms with Crippen LogP contribution < -0.4 is 10.9 Å². The smallest absolute Gasteiger partial charge is 0.252 e. The third-order valence-corrected chi connectivity index (χ3v) is 5.77. The Morgan fingerprint density at radius 2 is 1.83 bits per heavy atom. The van der Waals surface area contributed by atoms with Crippen LogP contribution in [0.25, 0.3) is 22.2 Å². The fourth-order valence-corrected chi connectivity index (χ4v) is 4.11. The number of benzene rings is 2. The van der Waals surface area contributed by atoms with Gasteiger partial charge in [0.1, 0.15) is 6.04 Å². The minimum absolute atomic E-state index is 0.191. The number of hydrogen-bond acceptors (Lipinski definition) is 4. The van der Waals surface area contributed by atoms with Crippen molar-refractivity contribution < 1.29 is 4.79 Å². The first-order chi connectivity index (χ1) is 13.9. The number of aryl methyl sites for hydroxylation is 2. The van der Waals surface area contributed by atoms with Gasteiger partial charge in [-0.2, -0.15) is 0 Å². The Kier molecular flexibility index (Phi) is 5.03. The molecular weight excluding hydrogens is 382 g/mol. The third-order valence-electron chi connectivity index (χ3n) is 5.01. The molecule has 0 saturated heterocycles. The zero-order valence-corrected chi connectivity index (χ0v) is 17.3. The van der Waals surface area contributed by atoms with Crippen molar-refractivity contribution in [1.29, 1.82) is 0 Å². The molecule has 0 aliphatic heterocycles. The second-order valence-electron chi connectivity index (χ2n) is 7.12. The summed E-state index contributed by atoms with van der Waals surface area (Å²) in [5.74, 6) is -0.272. The van der Waals surface area contributed by atoms with Crippen molar-refractivity contribution in [1.82, 2.24) is 9.55 Å². The minimum atomic E-state index is -0.667.